The van der Waals surface area contributed by atoms with Crippen molar-refractivity contribution in [2.75, 3.05) is 11.9 Å². The first-order valence-corrected chi connectivity index (χ1v) is 11.1. The van der Waals surface area contributed by atoms with E-state index in [2.05, 4.69) is 20.0 Å². The van der Waals surface area contributed by atoms with Crippen LogP contribution in [0.1, 0.15) is 35.1 Å². The van der Waals surface area contributed by atoms with Gasteiger partial charge in [-0.25, -0.2) is 23.1 Å². The average molecular weight is 456 g/mol. The smallest absolute Gasteiger partial charge is 0.298 e. The number of amides is 1. The second-order valence-corrected chi connectivity index (χ2v) is 9.07. The van der Waals surface area contributed by atoms with E-state index in [1.807, 2.05) is 0 Å². The van der Waals surface area contributed by atoms with E-state index >= 15 is 0 Å². The molecule has 8 nitrogen and oxygen atoms in total. The highest BCUT2D eigenvalue weighted by atomic mass is 32.2. The standard InChI is InChI=1S/C18H19F2N5O3S2/c1-4-22-30(27,28)12-6-5-10(2)13(9-12)16(26)24-18-23-11(3)14(29-18)15-21-7-8-25(15)17(19)20/h5-9,17,22H,4H2,1-3H3,(H,23,24,26). The predicted octanol–water partition coefficient (Wildman–Crippen LogP) is 3.57. The number of alkyl halides is 2. The summed E-state index contributed by atoms with van der Waals surface area (Å²) in [5.41, 5.74) is 1.17. The lowest BCUT2D eigenvalue weighted by atomic mass is 10.1. The molecule has 0 fully saturated rings. The van der Waals surface area contributed by atoms with E-state index in [-0.39, 0.29) is 28.0 Å². The molecule has 160 valence electrons. The van der Waals surface area contributed by atoms with Gasteiger partial charge in [-0.05, 0) is 31.5 Å². The maximum atomic E-state index is 13.1. The van der Waals surface area contributed by atoms with Crippen LogP contribution in [0.2, 0.25) is 0 Å². The minimum atomic E-state index is -3.73. The Morgan fingerprint density at radius 3 is 2.70 bits per heavy atom. The van der Waals surface area contributed by atoms with E-state index in [0.29, 0.717) is 20.7 Å². The van der Waals surface area contributed by atoms with Crippen molar-refractivity contribution in [3.05, 3.63) is 47.4 Å². The number of rotatable bonds is 7. The third kappa shape index (κ3) is 4.40. The van der Waals surface area contributed by atoms with Gasteiger partial charge in [0.1, 0.15) is 0 Å². The Labute approximate surface area is 176 Å². The van der Waals surface area contributed by atoms with Crippen LogP contribution in [-0.2, 0) is 10.0 Å². The van der Waals surface area contributed by atoms with Crippen molar-refractivity contribution in [3.8, 4) is 10.7 Å². The number of sulfonamides is 1. The number of aromatic nitrogens is 3. The van der Waals surface area contributed by atoms with Gasteiger partial charge >= 0.3 is 6.55 Å². The van der Waals surface area contributed by atoms with Crippen molar-refractivity contribution in [2.45, 2.75) is 32.2 Å². The number of halogens is 2. The molecule has 12 heteroatoms. The van der Waals surface area contributed by atoms with E-state index < -0.39 is 22.5 Å². The largest absolute Gasteiger partial charge is 0.320 e. The van der Waals surface area contributed by atoms with Gasteiger partial charge in [0.25, 0.3) is 5.91 Å². The summed E-state index contributed by atoms with van der Waals surface area (Å²) in [7, 11) is -3.73. The number of benzene rings is 1. The summed E-state index contributed by atoms with van der Waals surface area (Å²) < 4.78 is 53.8. The van der Waals surface area contributed by atoms with Crippen molar-refractivity contribution in [3.63, 3.8) is 0 Å². The molecule has 0 aliphatic carbocycles. The second kappa shape index (κ2) is 8.58. The molecule has 0 unspecified atom stereocenters. The SMILES string of the molecule is CCNS(=O)(=O)c1ccc(C)c(C(=O)Nc2nc(C)c(-c3nccn3C(F)F)s2)c1. The van der Waals surface area contributed by atoms with Crippen molar-refractivity contribution < 1.29 is 22.0 Å². The zero-order chi connectivity index (χ0) is 22.1. The minimum Gasteiger partial charge on any atom is -0.298 e. The fourth-order valence-electron chi connectivity index (χ4n) is 2.75. The van der Waals surface area contributed by atoms with Crippen LogP contribution in [0.15, 0.2) is 35.5 Å². The molecular weight excluding hydrogens is 436 g/mol. The molecule has 3 aromatic rings. The normalized spacial score (nSPS) is 11.8. The van der Waals surface area contributed by atoms with Gasteiger partial charge in [-0.2, -0.15) is 8.78 Å². The monoisotopic (exact) mass is 455 g/mol. The molecule has 0 saturated carbocycles. The van der Waals surface area contributed by atoms with Gasteiger partial charge in [-0.15, -0.1) is 0 Å². The maximum absolute atomic E-state index is 13.1. The van der Waals surface area contributed by atoms with Crippen LogP contribution in [-0.4, -0.2) is 35.4 Å². The molecule has 2 N–H and O–H groups in total. The predicted molar refractivity (Wildman–Crippen MR) is 109 cm³/mol. The number of nitrogens with zero attached hydrogens (tertiary/aromatic N) is 3. The van der Waals surface area contributed by atoms with Crippen LogP contribution in [0.5, 0.6) is 0 Å². The van der Waals surface area contributed by atoms with Crippen LogP contribution in [0.25, 0.3) is 10.7 Å². The number of carbonyl (C=O) groups is 1. The molecule has 0 bridgehead atoms. The Morgan fingerprint density at radius 1 is 1.30 bits per heavy atom. The summed E-state index contributed by atoms with van der Waals surface area (Å²) in [4.78, 5) is 21.3. The van der Waals surface area contributed by atoms with Crippen LogP contribution in [0.4, 0.5) is 13.9 Å². The lowest BCUT2D eigenvalue weighted by Gasteiger charge is -2.09. The number of nitrogens with one attached hydrogen (secondary N) is 2. The van der Waals surface area contributed by atoms with Gasteiger partial charge < -0.3 is 0 Å². The Balaban J connectivity index is 1.90. The number of imidazole rings is 1. The van der Waals surface area contributed by atoms with Crippen molar-refractivity contribution in [2.24, 2.45) is 0 Å². The number of aryl methyl sites for hydroxylation is 2. The molecule has 1 amide bonds. The van der Waals surface area contributed by atoms with Gasteiger partial charge in [-0.3, -0.25) is 14.7 Å². The van der Waals surface area contributed by atoms with E-state index in [0.717, 1.165) is 17.5 Å². The zero-order valence-corrected chi connectivity index (χ0v) is 17.9. The summed E-state index contributed by atoms with van der Waals surface area (Å²) in [5, 5.41) is 2.80. The highest BCUT2D eigenvalue weighted by molar-refractivity contribution is 7.89. The molecule has 0 aliphatic heterocycles. The van der Waals surface area contributed by atoms with Gasteiger partial charge in [0, 0.05) is 24.5 Å². The molecule has 0 atom stereocenters. The molecule has 2 aromatic heterocycles. The highest BCUT2D eigenvalue weighted by Gasteiger charge is 2.21. The van der Waals surface area contributed by atoms with Crippen LogP contribution in [0.3, 0.4) is 0 Å². The summed E-state index contributed by atoms with van der Waals surface area (Å²) in [6, 6.07) is 4.24. The lowest BCUT2D eigenvalue weighted by Crippen LogP contribution is -2.24. The summed E-state index contributed by atoms with van der Waals surface area (Å²) in [6.07, 6.45) is 2.43. The van der Waals surface area contributed by atoms with Gasteiger partial charge in [-0.1, -0.05) is 24.3 Å². The molecule has 1 aromatic carbocycles. The molecule has 0 aliphatic rings. The first-order valence-electron chi connectivity index (χ1n) is 8.84. The first-order chi connectivity index (χ1) is 14.1. The minimum absolute atomic E-state index is 0.0323. The van der Waals surface area contributed by atoms with Gasteiger partial charge in [0.05, 0.1) is 15.5 Å². The zero-order valence-electron chi connectivity index (χ0n) is 16.3. The average Bonchev–Trinajstić information content (AvgIpc) is 3.28. The third-order valence-electron chi connectivity index (χ3n) is 4.20. The van der Waals surface area contributed by atoms with E-state index in [1.165, 1.54) is 24.4 Å². The number of thiazole rings is 1. The molecule has 30 heavy (non-hydrogen) atoms. The fraction of sp³-hybridized carbons (Fsp3) is 0.278. The maximum Gasteiger partial charge on any atom is 0.320 e. The number of anilines is 1. The highest BCUT2D eigenvalue weighted by Crippen LogP contribution is 2.33. The second-order valence-electron chi connectivity index (χ2n) is 6.30. The Hall–Kier alpha value is -2.70. The van der Waals surface area contributed by atoms with Crippen LogP contribution < -0.4 is 10.0 Å². The van der Waals surface area contributed by atoms with Crippen molar-refractivity contribution in [1.82, 2.24) is 19.3 Å². The van der Waals surface area contributed by atoms with Gasteiger partial charge in [0.2, 0.25) is 10.0 Å². The summed E-state index contributed by atoms with van der Waals surface area (Å²) in [5.74, 6) is -0.506. The van der Waals surface area contributed by atoms with Crippen LogP contribution in [0, 0.1) is 13.8 Å². The van der Waals surface area contributed by atoms with Gasteiger partial charge in [0.15, 0.2) is 11.0 Å². The van der Waals surface area contributed by atoms with E-state index in [9.17, 15) is 22.0 Å². The summed E-state index contributed by atoms with van der Waals surface area (Å²) >= 11 is 1.01. The van der Waals surface area contributed by atoms with Crippen molar-refractivity contribution in [1.29, 1.82) is 0 Å². The fourth-order valence-corrected chi connectivity index (χ4v) is 4.78. The summed E-state index contributed by atoms with van der Waals surface area (Å²) in [6.45, 7) is 2.41. The number of hydrogen-bond donors (Lipinski definition) is 2. The van der Waals surface area contributed by atoms with Crippen molar-refractivity contribution >= 4 is 32.4 Å². The molecular formula is C18H19F2N5O3S2. The molecule has 0 saturated heterocycles. The van der Waals surface area contributed by atoms with Crippen LogP contribution >= 0.6 is 11.3 Å². The lowest BCUT2D eigenvalue weighted by molar-refractivity contribution is 0.0720. The molecule has 0 spiro atoms. The van der Waals surface area contributed by atoms with E-state index in [4.69, 9.17) is 0 Å². The Morgan fingerprint density at radius 2 is 2.03 bits per heavy atom. The third-order valence-corrected chi connectivity index (χ3v) is 6.81. The Bertz CT molecular complexity index is 1190. The number of hydrogen-bond acceptors (Lipinski definition) is 6. The number of carbonyl (C=O) groups excluding carboxylic acids is 1. The molecule has 3 rings (SSSR count). The molecule has 2 heterocycles. The first kappa shape index (κ1) is 22.0. The Kier molecular flexibility index (Phi) is 6.29. The topological polar surface area (TPSA) is 106 Å². The molecule has 0 radical (unpaired) electrons. The van der Waals surface area contributed by atoms with E-state index in [1.54, 1.807) is 20.8 Å². The quantitative estimate of drug-likeness (QED) is 0.567.